The molecule has 3 rings (SSSR count). The van der Waals surface area contributed by atoms with E-state index in [2.05, 4.69) is 15.9 Å². The normalized spacial score (nSPS) is 20.9. The Morgan fingerprint density at radius 1 is 1.45 bits per heavy atom. The number of carbonyl (C=O) groups excluding carboxylic acids is 1. The van der Waals surface area contributed by atoms with Crippen LogP contribution in [0.2, 0.25) is 0 Å². The average molecular weight is 364 g/mol. The summed E-state index contributed by atoms with van der Waals surface area (Å²) < 4.78 is 1.08. The summed E-state index contributed by atoms with van der Waals surface area (Å²) in [7, 11) is 0. The van der Waals surface area contributed by atoms with Gasteiger partial charge in [-0.25, -0.2) is 0 Å². The molecular weight excluding hydrogens is 342 g/mol. The zero-order chi connectivity index (χ0) is 16.2. The van der Waals surface area contributed by atoms with Crippen molar-refractivity contribution in [3.63, 3.8) is 0 Å². The van der Waals surface area contributed by atoms with Crippen molar-refractivity contribution in [1.82, 2.24) is 0 Å². The fourth-order valence-corrected chi connectivity index (χ4v) is 4.46. The van der Waals surface area contributed by atoms with Crippen LogP contribution in [0.1, 0.15) is 60.2 Å². The van der Waals surface area contributed by atoms with E-state index in [-0.39, 0.29) is 11.8 Å². The molecule has 118 valence electrons. The van der Waals surface area contributed by atoms with Crippen LogP contribution in [0.15, 0.2) is 16.1 Å². The molecule has 22 heavy (non-hydrogen) atoms. The van der Waals surface area contributed by atoms with Gasteiger partial charge in [0.15, 0.2) is 0 Å². The number of aliphatic hydroxyl groups is 1. The van der Waals surface area contributed by atoms with Crippen LogP contribution in [-0.2, 0) is 6.42 Å². The van der Waals surface area contributed by atoms with Crippen LogP contribution < -0.4 is 5.73 Å². The maximum atomic E-state index is 11.8. The molecule has 0 fully saturated rings. The van der Waals surface area contributed by atoms with E-state index in [1.54, 1.807) is 0 Å². The molecule has 1 aromatic rings. The summed E-state index contributed by atoms with van der Waals surface area (Å²) in [5.74, 6) is -0.0804. The second kappa shape index (κ2) is 5.20. The molecule has 0 radical (unpaired) electrons. The third-order valence-electron chi connectivity index (χ3n) is 5.17. The number of aryl methyl sites for hydroxylation is 1. The van der Waals surface area contributed by atoms with Crippen molar-refractivity contribution in [3.8, 4) is 0 Å². The van der Waals surface area contributed by atoms with Crippen molar-refractivity contribution in [1.29, 1.82) is 0 Å². The number of primary amides is 1. The van der Waals surface area contributed by atoms with Crippen LogP contribution >= 0.6 is 15.9 Å². The number of benzene rings is 1. The molecule has 0 saturated heterocycles. The molecule has 0 spiro atoms. The summed E-state index contributed by atoms with van der Waals surface area (Å²) in [5.41, 5.74) is 11.6. The molecule has 0 bridgehead atoms. The molecular formula is C18H22BrNO2. The molecule has 0 heterocycles. The average Bonchev–Trinajstić information content (AvgIpc) is 2.79. The first-order valence-electron chi connectivity index (χ1n) is 7.75. The Morgan fingerprint density at radius 2 is 2.14 bits per heavy atom. The smallest absolute Gasteiger partial charge is 0.249 e. The quantitative estimate of drug-likeness (QED) is 0.840. The predicted octanol–water partition coefficient (Wildman–Crippen LogP) is 3.74. The number of halogens is 1. The molecule has 1 atom stereocenters. The minimum Gasteiger partial charge on any atom is -0.390 e. The van der Waals surface area contributed by atoms with Crippen molar-refractivity contribution in [3.05, 3.63) is 38.4 Å². The third-order valence-corrected chi connectivity index (χ3v) is 6.19. The molecule has 1 aromatic carbocycles. The molecule has 2 aliphatic carbocycles. The van der Waals surface area contributed by atoms with Gasteiger partial charge in [-0.15, -0.1) is 0 Å². The van der Waals surface area contributed by atoms with E-state index in [1.165, 1.54) is 16.7 Å². The van der Waals surface area contributed by atoms with Gasteiger partial charge in [0.05, 0.1) is 5.60 Å². The number of hydrogen-bond acceptors (Lipinski definition) is 2. The summed E-state index contributed by atoms with van der Waals surface area (Å²) in [4.78, 5) is 11.8. The van der Waals surface area contributed by atoms with Crippen molar-refractivity contribution in [2.24, 2.45) is 11.7 Å². The predicted molar refractivity (Wildman–Crippen MR) is 91.7 cm³/mol. The molecule has 0 aliphatic heterocycles. The van der Waals surface area contributed by atoms with Gasteiger partial charge in [0.2, 0.25) is 5.91 Å². The number of amides is 1. The standard InChI is InChI=1S/C18H22BrNO2/c1-9-6-14(17(20)21)13-8-10-7-11(18(2,3)22)4-5-12(10)15(13)16(9)19/h6,11,22H,4-5,7-8H2,1-3H3,(H2,20,21). The first kappa shape index (κ1) is 15.8. The van der Waals surface area contributed by atoms with Crippen LogP contribution in [0.3, 0.4) is 0 Å². The Balaban J connectivity index is 2.08. The largest absolute Gasteiger partial charge is 0.390 e. The molecule has 4 heteroatoms. The van der Waals surface area contributed by atoms with Gasteiger partial charge < -0.3 is 10.8 Å². The SMILES string of the molecule is Cc1cc(C(N)=O)c2c(c1Br)C1=C(C2)CC(C(C)(C)O)CC1. The molecule has 2 aliphatic rings. The van der Waals surface area contributed by atoms with E-state index in [4.69, 9.17) is 5.73 Å². The number of hydrogen-bond donors (Lipinski definition) is 2. The van der Waals surface area contributed by atoms with E-state index in [9.17, 15) is 9.90 Å². The minimum absolute atomic E-state index is 0.275. The highest BCUT2D eigenvalue weighted by molar-refractivity contribution is 9.10. The van der Waals surface area contributed by atoms with Crippen LogP contribution in [0.25, 0.3) is 5.57 Å². The summed E-state index contributed by atoms with van der Waals surface area (Å²) in [6.07, 6.45) is 3.62. The van der Waals surface area contributed by atoms with E-state index in [0.29, 0.717) is 5.56 Å². The number of allylic oxidation sites excluding steroid dienone is 2. The van der Waals surface area contributed by atoms with E-state index in [1.807, 2.05) is 26.8 Å². The zero-order valence-electron chi connectivity index (χ0n) is 13.3. The second-order valence-electron chi connectivity index (χ2n) is 7.13. The second-order valence-corrected chi connectivity index (χ2v) is 7.92. The van der Waals surface area contributed by atoms with Gasteiger partial charge in [-0.1, -0.05) is 5.57 Å². The van der Waals surface area contributed by atoms with Crippen LogP contribution in [0.4, 0.5) is 0 Å². The molecule has 1 unspecified atom stereocenters. The van der Waals surface area contributed by atoms with Crippen LogP contribution in [0, 0.1) is 12.8 Å². The van der Waals surface area contributed by atoms with Crippen molar-refractivity contribution in [2.75, 3.05) is 0 Å². The summed E-state index contributed by atoms with van der Waals surface area (Å²) in [6, 6.07) is 1.89. The Morgan fingerprint density at radius 3 is 2.73 bits per heavy atom. The highest BCUT2D eigenvalue weighted by atomic mass is 79.9. The Kier molecular flexibility index (Phi) is 3.73. The first-order chi connectivity index (χ1) is 10.2. The lowest BCUT2D eigenvalue weighted by atomic mass is 9.76. The van der Waals surface area contributed by atoms with Gasteiger partial charge >= 0.3 is 0 Å². The summed E-state index contributed by atoms with van der Waals surface area (Å²) >= 11 is 3.70. The van der Waals surface area contributed by atoms with Gasteiger partial charge in [-0.2, -0.15) is 0 Å². The van der Waals surface area contributed by atoms with E-state index < -0.39 is 5.60 Å². The van der Waals surface area contributed by atoms with E-state index >= 15 is 0 Å². The number of carbonyl (C=O) groups is 1. The highest BCUT2D eigenvalue weighted by Gasteiger charge is 2.36. The minimum atomic E-state index is -0.660. The van der Waals surface area contributed by atoms with Crippen molar-refractivity contribution >= 4 is 27.4 Å². The lowest BCUT2D eigenvalue weighted by Crippen LogP contribution is -2.32. The summed E-state index contributed by atoms with van der Waals surface area (Å²) in [5, 5.41) is 10.3. The molecule has 3 nitrogen and oxygen atoms in total. The van der Waals surface area contributed by atoms with Gasteiger partial charge in [-0.05, 0) is 96.6 Å². The van der Waals surface area contributed by atoms with Gasteiger partial charge in [-0.3, -0.25) is 4.79 Å². The van der Waals surface area contributed by atoms with Crippen LogP contribution in [0.5, 0.6) is 0 Å². The Bertz CT molecular complexity index is 698. The lowest BCUT2D eigenvalue weighted by molar-refractivity contribution is 0.0123. The van der Waals surface area contributed by atoms with Gasteiger partial charge in [0.1, 0.15) is 0 Å². The van der Waals surface area contributed by atoms with E-state index in [0.717, 1.165) is 41.3 Å². The van der Waals surface area contributed by atoms with Gasteiger partial charge in [0.25, 0.3) is 0 Å². The monoisotopic (exact) mass is 363 g/mol. The summed E-state index contributed by atoms with van der Waals surface area (Å²) in [6.45, 7) is 5.78. The molecule has 0 aromatic heterocycles. The molecule has 3 N–H and O–H groups in total. The van der Waals surface area contributed by atoms with Crippen molar-refractivity contribution < 1.29 is 9.90 Å². The number of rotatable bonds is 2. The molecule has 1 amide bonds. The van der Waals surface area contributed by atoms with Crippen molar-refractivity contribution in [2.45, 2.75) is 52.1 Å². The zero-order valence-corrected chi connectivity index (χ0v) is 14.9. The fourth-order valence-electron chi connectivity index (χ4n) is 3.86. The Hall–Kier alpha value is -1.13. The fraction of sp³-hybridized carbons (Fsp3) is 0.500. The van der Waals surface area contributed by atoms with Crippen LogP contribution in [-0.4, -0.2) is 16.6 Å². The maximum absolute atomic E-state index is 11.8. The first-order valence-corrected chi connectivity index (χ1v) is 8.55. The maximum Gasteiger partial charge on any atom is 0.249 e. The van der Waals surface area contributed by atoms with Gasteiger partial charge in [0, 0.05) is 10.0 Å². The Labute approximate surface area is 139 Å². The highest BCUT2D eigenvalue weighted by Crippen LogP contribution is 2.49. The molecule has 0 saturated carbocycles. The lowest BCUT2D eigenvalue weighted by Gasteiger charge is -2.33. The number of fused-ring (bicyclic) bond motifs is 2. The number of nitrogens with two attached hydrogens (primary N) is 1. The third kappa shape index (κ3) is 2.42. The topological polar surface area (TPSA) is 63.3 Å².